The van der Waals surface area contributed by atoms with E-state index in [1.807, 2.05) is 0 Å². The molecule has 11 heteroatoms. The number of rotatable bonds is 8. The minimum atomic E-state index is -3.47. The largest absolute Gasteiger partial charge is 0.497 e. The molecule has 31 heavy (non-hydrogen) atoms. The first-order valence-corrected chi connectivity index (χ1v) is 12.4. The van der Waals surface area contributed by atoms with E-state index < -0.39 is 9.84 Å². The number of sulfone groups is 1. The highest BCUT2D eigenvalue weighted by atomic mass is 32.2. The van der Waals surface area contributed by atoms with Gasteiger partial charge in [-0.2, -0.15) is 0 Å². The summed E-state index contributed by atoms with van der Waals surface area (Å²) in [5.41, 5.74) is 0.864. The number of nitrogens with one attached hydrogen (secondary N) is 1. The third-order valence-corrected chi connectivity index (χ3v) is 7.55. The molecule has 1 aromatic heterocycles. The Hall–Kier alpha value is -2.66. The van der Waals surface area contributed by atoms with E-state index in [0.717, 1.165) is 10.6 Å². The summed E-state index contributed by atoms with van der Waals surface area (Å²) in [6, 6.07) is 6.17. The van der Waals surface area contributed by atoms with E-state index in [2.05, 4.69) is 10.3 Å². The number of aromatic nitrogens is 1. The Balaban J connectivity index is 1.50. The summed E-state index contributed by atoms with van der Waals surface area (Å²) in [6.45, 7) is 3.00. The molecule has 0 saturated heterocycles. The van der Waals surface area contributed by atoms with Crippen molar-refractivity contribution < 1.29 is 27.5 Å². The van der Waals surface area contributed by atoms with Crippen LogP contribution in [0.1, 0.15) is 30.3 Å². The first-order chi connectivity index (χ1) is 14.8. The van der Waals surface area contributed by atoms with E-state index in [1.54, 1.807) is 24.0 Å². The van der Waals surface area contributed by atoms with Crippen molar-refractivity contribution in [2.75, 3.05) is 31.3 Å². The Kier molecular flexibility index (Phi) is 7.50. The fourth-order valence-electron chi connectivity index (χ4n) is 3.12. The molecule has 0 spiro atoms. The predicted molar refractivity (Wildman–Crippen MR) is 116 cm³/mol. The number of fused-ring (bicyclic) bond motifs is 1. The van der Waals surface area contributed by atoms with Crippen LogP contribution >= 0.6 is 11.3 Å². The molecule has 2 aromatic rings. The molecule has 1 aliphatic rings. The van der Waals surface area contributed by atoms with E-state index in [9.17, 15) is 18.0 Å². The van der Waals surface area contributed by atoms with E-state index in [0.29, 0.717) is 37.0 Å². The number of anilines is 1. The highest BCUT2D eigenvalue weighted by molar-refractivity contribution is 7.91. The normalized spacial score (nSPS) is 13.4. The molecule has 2 heterocycles. The van der Waals surface area contributed by atoms with Crippen LogP contribution in [0.2, 0.25) is 0 Å². The molecule has 0 unspecified atom stereocenters. The molecule has 0 radical (unpaired) electrons. The highest BCUT2D eigenvalue weighted by Crippen LogP contribution is 2.28. The second-order valence-electron chi connectivity index (χ2n) is 6.91. The van der Waals surface area contributed by atoms with Gasteiger partial charge in [0.05, 0.1) is 36.6 Å². The molecule has 1 aromatic carbocycles. The zero-order valence-electron chi connectivity index (χ0n) is 17.4. The molecule has 1 aliphatic heterocycles. The molecule has 0 saturated carbocycles. The second-order valence-corrected chi connectivity index (χ2v) is 10.1. The van der Waals surface area contributed by atoms with Gasteiger partial charge in [-0.1, -0.05) is 11.3 Å². The lowest BCUT2D eigenvalue weighted by atomic mass is 10.2. The number of carbonyl (C=O) groups is 2. The smallest absolute Gasteiger partial charge is 0.410 e. The molecule has 2 amide bonds. The van der Waals surface area contributed by atoms with Gasteiger partial charge < -0.3 is 19.7 Å². The SMILES string of the molecule is CCOC(=O)N1CCc2nc(NC(=O)CCCS(=O)(=O)c3ccc(OC)cc3)sc2C1. The van der Waals surface area contributed by atoms with Crippen molar-refractivity contribution in [1.29, 1.82) is 0 Å². The van der Waals surface area contributed by atoms with Gasteiger partial charge in [-0.05, 0) is 37.6 Å². The second kappa shape index (κ2) is 10.1. The number of amides is 2. The van der Waals surface area contributed by atoms with Crippen LogP contribution in [0.4, 0.5) is 9.93 Å². The lowest BCUT2D eigenvalue weighted by Gasteiger charge is -2.24. The van der Waals surface area contributed by atoms with Gasteiger partial charge in [-0.15, -0.1) is 0 Å². The summed E-state index contributed by atoms with van der Waals surface area (Å²) in [5.74, 6) is 0.156. The first kappa shape index (κ1) is 23.0. The summed E-state index contributed by atoms with van der Waals surface area (Å²) in [5, 5.41) is 3.19. The van der Waals surface area contributed by atoms with Gasteiger partial charge >= 0.3 is 6.09 Å². The highest BCUT2D eigenvalue weighted by Gasteiger charge is 2.25. The van der Waals surface area contributed by atoms with Crippen molar-refractivity contribution in [3.8, 4) is 5.75 Å². The van der Waals surface area contributed by atoms with Crippen LogP contribution in [-0.2, 0) is 32.3 Å². The lowest BCUT2D eigenvalue weighted by molar-refractivity contribution is -0.116. The van der Waals surface area contributed by atoms with E-state index in [1.165, 1.54) is 30.6 Å². The molecular weight excluding hydrogens is 442 g/mol. The van der Waals surface area contributed by atoms with Gasteiger partial charge in [0.25, 0.3) is 0 Å². The fraction of sp³-hybridized carbons (Fsp3) is 0.450. The molecule has 0 fully saturated rings. The van der Waals surface area contributed by atoms with Crippen molar-refractivity contribution in [3.63, 3.8) is 0 Å². The van der Waals surface area contributed by atoms with Gasteiger partial charge in [-0.25, -0.2) is 18.2 Å². The number of benzene rings is 1. The lowest BCUT2D eigenvalue weighted by Crippen LogP contribution is -2.35. The maximum absolute atomic E-state index is 12.4. The quantitative estimate of drug-likeness (QED) is 0.635. The van der Waals surface area contributed by atoms with Crippen LogP contribution in [0.15, 0.2) is 29.2 Å². The van der Waals surface area contributed by atoms with Crippen LogP contribution in [0.25, 0.3) is 0 Å². The molecule has 9 nitrogen and oxygen atoms in total. The maximum atomic E-state index is 12.4. The van der Waals surface area contributed by atoms with Gasteiger partial charge in [-0.3, -0.25) is 4.79 Å². The predicted octanol–water partition coefficient (Wildman–Crippen LogP) is 2.86. The van der Waals surface area contributed by atoms with Crippen LogP contribution in [0, 0.1) is 0 Å². The molecule has 0 aliphatic carbocycles. The van der Waals surface area contributed by atoms with Crippen molar-refractivity contribution in [1.82, 2.24) is 9.88 Å². The summed E-state index contributed by atoms with van der Waals surface area (Å²) in [7, 11) is -1.96. The standard InChI is InChI=1S/C20H25N3O6S2/c1-3-29-20(25)23-11-10-16-17(13-23)30-19(21-16)22-18(24)5-4-12-31(26,27)15-8-6-14(28-2)7-9-15/h6-9H,3-5,10-13H2,1-2H3,(H,21,22,24). The summed E-state index contributed by atoms with van der Waals surface area (Å²) in [4.78, 5) is 31.3. The molecular formula is C20H25N3O6S2. The zero-order chi connectivity index (χ0) is 22.4. The zero-order valence-corrected chi connectivity index (χ0v) is 19.1. The van der Waals surface area contributed by atoms with Crippen molar-refractivity contribution in [2.24, 2.45) is 0 Å². The molecule has 168 valence electrons. The summed E-state index contributed by atoms with van der Waals surface area (Å²) in [6.07, 6.45) is 0.502. The topological polar surface area (TPSA) is 115 Å². The Morgan fingerprint density at radius 1 is 1.26 bits per heavy atom. The number of hydrogen-bond acceptors (Lipinski definition) is 8. The summed E-state index contributed by atoms with van der Waals surface area (Å²) >= 11 is 1.32. The third kappa shape index (κ3) is 5.95. The minimum Gasteiger partial charge on any atom is -0.497 e. The van der Waals surface area contributed by atoms with Gasteiger partial charge in [0, 0.05) is 24.3 Å². The Labute approximate surface area is 185 Å². The summed E-state index contributed by atoms with van der Waals surface area (Å²) < 4.78 is 34.9. The van der Waals surface area contributed by atoms with Crippen molar-refractivity contribution in [2.45, 2.75) is 37.6 Å². The Morgan fingerprint density at radius 3 is 2.68 bits per heavy atom. The van der Waals surface area contributed by atoms with Crippen LogP contribution < -0.4 is 10.1 Å². The monoisotopic (exact) mass is 467 g/mol. The number of thiazole rings is 1. The molecule has 3 rings (SSSR count). The molecule has 0 atom stereocenters. The van der Waals surface area contributed by atoms with Gasteiger partial charge in [0.2, 0.25) is 5.91 Å². The first-order valence-electron chi connectivity index (χ1n) is 9.89. The van der Waals surface area contributed by atoms with Crippen molar-refractivity contribution >= 4 is 38.3 Å². The van der Waals surface area contributed by atoms with E-state index >= 15 is 0 Å². The van der Waals surface area contributed by atoms with Crippen LogP contribution in [-0.4, -0.2) is 56.3 Å². The number of methoxy groups -OCH3 is 1. The number of hydrogen-bond donors (Lipinski definition) is 1. The maximum Gasteiger partial charge on any atom is 0.410 e. The number of nitrogens with zero attached hydrogens (tertiary/aromatic N) is 2. The molecule has 1 N–H and O–H groups in total. The Bertz CT molecular complexity index is 1030. The number of ether oxygens (including phenoxy) is 2. The average Bonchev–Trinajstić information content (AvgIpc) is 3.15. The average molecular weight is 468 g/mol. The van der Waals surface area contributed by atoms with Gasteiger partial charge in [0.1, 0.15) is 5.75 Å². The van der Waals surface area contributed by atoms with E-state index in [4.69, 9.17) is 9.47 Å². The van der Waals surface area contributed by atoms with Crippen LogP contribution in [0.3, 0.4) is 0 Å². The Morgan fingerprint density at radius 2 is 2.00 bits per heavy atom. The molecule has 0 bridgehead atoms. The fourth-order valence-corrected chi connectivity index (χ4v) is 5.48. The van der Waals surface area contributed by atoms with Crippen molar-refractivity contribution in [3.05, 3.63) is 34.8 Å². The number of carbonyl (C=O) groups excluding carboxylic acids is 2. The van der Waals surface area contributed by atoms with Gasteiger partial charge in [0.15, 0.2) is 15.0 Å². The van der Waals surface area contributed by atoms with E-state index in [-0.39, 0.29) is 35.5 Å². The minimum absolute atomic E-state index is 0.0641. The third-order valence-electron chi connectivity index (χ3n) is 4.74. The van der Waals surface area contributed by atoms with Crippen LogP contribution in [0.5, 0.6) is 5.75 Å².